The van der Waals surface area contributed by atoms with Gasteiger partial charge in [-0.1, -0.05) is 133 Å². The van der Waals surface area contributed by atoms with Crippen LogP contribution in [0.15, 0.2) is 192 Å². The highest BCUT2D eigenvalue weighted by molar-refractivity contribution is 6.10. The molecule has 2 heterocycles. The standard InChI is InChI=1S/C49H31NO/c1-2-15-36(16-3-1)50-45-23-10-6-19-39(45)41-30-33(25-27-46(41)50)32-13-12-14-34(29-32)49(43-21-8-4-17-37(43)38-18-5-9-22-44(38)49)35-26-28-48-42(31-35)40-20-7-11-24-47(40)51-48/h1-31H. The minimum absolute atomic E-state index is 0.525. The third-order valence-corrected chi connectivity index (χ3v) is 11.1. The Labute approximate surface area is 295 Å². The summed E-state index contributed by atoms with van der Waals surface area (Å²) < 4.78 is 8.70. The van der Waals surface area contributed by atoms with Crippen molar-refractivity contribution in [1.29, 1.82) is 0 Å². The fourth-order valence-electron chi connectivity index (χ4n) is 8.92. The summed E-state index contributed by atoms with van der Waals surface area (Å²) in [6.45, 7) is 0. The lowest BCUT2D eigenvalue weighted by atomic mass is 9.67. The van der Waals surface area contributed by atoms with Gasteiger partial charge in [-0.2, -0.15) is 0 Å². The summed E-state index contributed by atoms with van der Waals surface area (Å²) in [5, 5.41) is 4.78. The molecule has 0 bridgehead atoms. The van der Waals surface area contributed by atoms with Gasteiger partial charge in [0.15, 0.2) is 0 Å². The van der Waals surface area contributed by atoms with Gasteiger partial charge in [0.2, 0.25) is 0 Å². The Kier molecular flexibility index (Phi) is 5.91. The van der Waals surface area contributed by atoms with Gasteiger partial charge in [0, 0.05) is 27.2 Å². The van der Waals surface area contributed by atoms with E-state index in [1.807, 2.05) is 6.07 Å². The number of rotatable bonds is 4. The van der Waals surface area contributed by atoms with Gasteiger partial charge in [0.05, 0.1) is 16.4 Å². The van der Waals surface area contributed by atoms with Gasteiger partial charge < -0.3 is 8.98 Å². The Balaban J connectivity index is 1.17. The van der Waals surface area contributed by atoms with E-state index in [4.69, 9.17) is 4.42 Å². The zero-order valence-corrected chi connectivity index (χ0v) is 27.8. The van der Waals surface area contributed by atoms with E-state index in [1.165, 1.54) is 72.0 Å². The Hall–Kier alpha value is -6.64. The predicted molar refractivity (Wildman–Crippen MR) is 211 cm³/mol. The predicted octanol–water partition coefficient (Wildman–Crippen LogP) is 12.7. The van der Waals surface area contributed by atoms with Crippen LogP contribution in [0.2, 0.25) is 0 Å². The summed E-state index contributed by atoms with van der Waals surface area (Å²) in [7, 11) is 0. The molecule has 0 saturated heterocycles. The smallest absolute Gasteiger partial charge is 0.135 e. The Bertz CT molecular complexity index is 2930. The maximum Gasteiger partial charge on any atom is 0.135 e. The molecule has 11 rings (SSSR count). The Morgan fingerprint density at radius 3 is 1.82 bits per heavy atom. The van der Waals surface area contributed by atoms with Crippen molar-refractivity contribution in [3.8, 4) is 27.9 Å². The molecule has 0 spiro atoms. The molecule has 0 N–H and O–H groups in total. The van der Waals surface area contributed by atoms with Crippen LogP contribution in [-0.2, 0) is 5.41 Å². The number of fused-ring (bicyclic) bond motifs is 9. The molecule has 10 aromatic rings. The SMILES string of the molecule is c1ccc(-n2c3ccccc3c3cc(-c4cccc(C5(c6ccc7oc8ccccc8c7c6)c6ccccc6-c6ccccc65)c4)ccc32)cc1. The van der Waals surface area contributed by atoms with E-state index in [0.717, 1.165) is 21.9 Å². The van der Waals surface area contributed by atoms with Crippen molar-refractivity contribution in [2.45, 2.75) is 5.41 Å². The van der Waals surface area contributed by atoms with E-state index in [0.29, 0.717) is 0 Å². The van der Waals surface area contributed by atoms with Crippen molar-refractivity contribution < 1.29 is 4.42 Å². The topological polar surface area (TPSA) is 18.1 Å². The molecule has 2 aromatic heterocycles. The summed E-state index contributed by atoms with van der Waals surface area (Å²) in [4.78, 5) is 0. The maximum atomic E-state index is 6.32. The van der Waals surface area contributed by atoms with Gasteiger partial charge >= 0.3 is 0 Å². The van der Waals surface area contributed by atoms with Gasteiger partial charge in [0.1, 0.15) is 11.2 Å². The monoisotopic (exact) mass is 649 g/mol. The van der Waals surface area contributed by atoms with E-state index < -0.39 is 5.41 Å². The first-order valence-corrected chi connectivity index (χ1v) is 17.6. The highest BCUT2D eigenvalue weighted by Crippen LogP contribution is 2.57. The molecule has 0 atom stereocenters. The molecule has 238 valence electrons. The third-order valence-electron chi connectivity index (χ3n) is 11.1. The lowest BCUT2D eigenvalue weighted by Gasteiger charge is -2.34. The summed E-state index contributed by atoms with van der Waals surface area (Å²) in [5.74, 6) is 0. The third kappa shape index (κ3) is 3.93. The number of para-hydroxylation sites is 3. The molecular weight excluding hydrogens is 619 g/mol. The van der Waals surface area contributed by atoms with Crippen molar-refractivity contribution >= 4 is 43.7 Å². The van der Waals surface area contributed by atoms with Crippen molar-refractivity contribution in [1.82, 2.24) is 4.57 Å². The quantitative estimate of drug-likeness (QED) is 0.186. The van der Waals surface area contributed by atoms with E-state index in [1.54, 1.807) is 0 Å². The van der Waals surface area contributed by atoms with Crippen LogP contribution in [0.5, 0.6) is 0 Å². The number of furan rings is 1. The fraction of sp³-hybridized carbons (Fsp3) is 0.0204. The minimum Gasteiger partial charge on any atom is -0.456 e. The highest BCUT2D eigenvalue weighted by Gasteiger charge is 2.46. The van der Waals surface area contributed by atoms with Crippen molar-refractivity contribution in [3.63, 3.8) is 0 Å². The zero-order chi connectivity index (χ0) is 33.5. The first-order chi connectivity index (χ1) is 25.3. The van der Waals surface area contributed by atoms with E-state index in [9.17, 15) is 0 Å². The largest absolute Gasteiger partial charge is 0.456 e. The second-order valence-corrected chi connectivity index (χ2v) is 13.7. The molecule has 8 aromatic carbocycles. The van der Waals surface area contributed by atoms with E-state index in [2.05, 4.69) is 187 Å². The zero-order valence-electron chi connectivity index (χ0n) is 27.8. The fourth-order valence-corrected chi connectivity index (χ4v) is 8.92. The van der Waals surface area contributed by atoms with Gasteiger partial charge in [-0.3, -0.25) is 0 Å². The van der Waals surface area contributed by atoms with Crippen LogP contribution in [0, 0.1) is 0 Å². The molecule has 51 heavy (non-hydrogen) atoms. The van der Waals surface area contributed by atoms with E-state index >= 15 is 0 Å². The summed E-state index contributed by atoms with van der Waals surface area (Å²) >= 11 is 0. The van der Waals surface area contributed by atoms with Crippen molar-refractivity contribution in [2.24, 2.45) is 0 Å². The van der Waals surface area contributed by atoms with Gasteiger partial charge in [-0.25, -0.2) is 0 Å². The van der Waals surface area contributed by atoms with Crippen LogP contribution in [0.3, 0.4) is 0 Å². The van der Waals surface area contributed by atoms with Gasteiger partial charge in [-0.05, 0) is 99.1 Å². The lowest BCUT2D eigenvalue weighted by molar-refractivity contribution is 0.668. The van der Waals surface area contributed by atoms with Crippen LogP contribution in [-0.4, -0.2) is 4.57 Å². The molecule has 0 aliphatic heterocycles. The first-order valence-electron chi connectivity index (χ1n) is 17.6. The molecule has 0 radical (unpaired) electrons. The average Bonchev–Trinajstić information content (AvgIpc) is 3.84. The second kappa shape index (κ2) is 10.7. The van der Waals surface area contributed by atoms with Crippen LogP contribution in [0.4, 0.5) is 0 Å². The molecule has 1 aliphatic rings. The van der Waals surface area contributed by atoms with Crippen LogP contribution >= 0.6 is 0 Å². The Morgan fingerprint density at radius 1 is 0.373 bits per heavy atom. The molecule has 1 aliphatic carbocycles. The van der Waals surface area contributed by atoms with Crippen LogP contribution in [0.1, 0.15) is 22.3 Å². The average molecular weight is 650 g/mol. The van der Waals surface area contributed by atoms with Crippen LogP contribution < -0.4 is 0 Å². The number of hydrogen-bond donors (Lipinski definition) is 0. The molecule has 2 heteroatoms. The van der Waals surface area contributed by atoms with Crippen molar-refractivity contribution in [3.05, 3.63) is 210 Å². The molecular formula is C49H31NO. The molecule has 0 fully saturated rings. The summed E-state index contributed by atoms with van der Waals surface area (Å²) in [6.07, 6.45) is 0. The summed E-state index contributed by atoms with van der Waals surface area (Å²) in [5.41, 5.74) is 14.9. The molecule has 2 nitrogen and oxygen atoms in total. The van der Waals surface area contributed by atoms with Gasteiger partial charge in [-0.15, -0.1) is 0 Å². The number of hydrogen-bond acceptors (Lipinski definition) is 1. The summed E-state index contributed by atoms with van der Waals surface area (Å²) in [6, 6.07) is 68.7. The highest BCUT2D eigenvalue weighted by atomic mass is 16.3. The second-order valence-electron chi connectivity index (χ2n) is 13.7. The molecule has 0 saturated carbocycles. The van der Waals surface area contributed by atoms with Crippen molar-refractivity contribution in [2.75, 3.05) is 0 Å². The Morgan fingerprint density at radius 2 is 1.00 bits per heavy atom. The minimum atomic E-state index is -0.525. The molecule has 0 unspecified atom stereocenters. The molecule has 0 amide bonds. The number of aromatic nitrogens is 1. The number of benzene rings is 8. The van der Waals surface area contributed by atoms with E-state index in [-0.39, 0.29) is 0 Å². The van der Waals surface area contributed by atoms with Gasteiger partial charge in [0.25, 0.3) is 0 Å². The lowest BCUT2D eigenvalue weighted by Crippen LogP contribution is -2.28. The normalized spacial score (nSPS) is 13.3. The number of nitrogens with zero attached hydrogens (tertiary/aromatic N) is 1. The van der Waals surface area contributed by atoms with Crippen LogP contribution in [0.25, 0.3) is 71.7 Å². The first kappa shape index (κ1) is 28.2. The maximum absolute atomic E-state index is 6.32.